The normalized spacial score (nSPS) is 16.1. The highest BCUT2D eigenvalue weighted by molar-refractivity contribution is 5.87. The highest BCUT2D eigenvalue weighted by Crippen LogP contribution is 2.47. The lowest BCUT2D eigenvalue weighted by Crippen LogP contribution is -2.03. The Bertz CT molecular complexity index is 833. The summed E-state index contributed by atoms with van der Waals surface area (Å²) in [6, 6.07) is 20.8. The summed E-state index contributed by atoms with van der Waals surface area (Å²) in [4.78, 5) is 0. The molecule has 2 heteroatoms. The summed E-state index contributed by atoms with van der Waals surface area (Å²) in [6.07, 6.45) is 0.983. The van der Waals surface area contributed by atoms with Crippen LogP contribution in [0.2, 0.25) is 0 Å². The van der Waals surface area contributed by atoms with Crippen molar-refractivity contribution in [2.24, 2.45) is 0 Å². The Morgan fingerprint density at radius 1 is 1.00 bits per heavy atom. The molecule has 23 heavy (non-hydrogen) atoms. The molecular formula is C21H18O2. The lowest BCUT2D eigenvalue weighted by atomic mass is 9.89. The van der Waals surface area contributed by atoms with Gasteiger partial charge in [-0.3, -0.25) is 0 Å². The van der Waals surface area contributed by atoms with E-state index >= 15 is 0 Å². The van der Waals surface area contributed by atoms with Crippen LogP contribution in [0.5, 0.6) is 11.5 Å². The zero-order valence-corrected chi connectivity index (χ0v) is 13.1. The molecule has 0 fully saturated rings. The Morgan fingerprint density at radius 2 is 1.83 bits per heavy atom. The molecule has 114 valence electrons. The fourth-order valence-electron chi connectivity index (χ4n) is 3.14. The Hall–Kier alpha value is -2.48. The molecule has 1 heterocycles. The molecule has 1 aliphatic rings. The Kier molecular flexibility index (Phi) is 3.66. The van der Waals surface area contributed by atoms with Crippen molar-refractivity contribution in [2.45, 2.75) is 19.3 Å². The van der Waals surface area contributed by atoms with Crippen LogP contribution in [0.4, 0.5) is 0 Å². The van der Waals surface area contributed by atoms with E-state index in [1.807, 2.05) is 18.2 Å². The van der Waals surface area contributed by atoms with Crippen molar-refractivity contribution in [3.63, 3.8) is 0 Å². The molecule has 0 aromatic heterocycles. The molecule has 0 N–H and O–H groups in total. The van der Waals surface area contributed by atoms with E-state index < -0.39 is 0 Å². The summed E-state index contributed by atoms with van der Waals surface area (Å²) in [7, 11) is 0. The van der Waals surface area contributed by atoms with Gasteiger partial charge in [-0.1, -0.05) is 55.5 Å². The highest BCUT2D eigenvalue weighted by atomic mass is 16.5. The van der Waals surface area contributed by atoms with Crippen LogP contribution in [0.1, 0.15) is 30.4 Å². The number of ether oxygens (including phenoxy) is 2. The van der Waals surface area contributed by atoms with Gasteiger partial charge in [-0.2, -0.15) is 0 Å². The van der Waals surface area contributed by atoms with Crippen LogP contribution < -0.4 is 9.47 Å². The molecule has 2 radical (unpaired) electrons. The first-order valence-electron chi connectivity index (χ1n) is 8.04. The second kappa shape index (κ2) is 5.96. The van der Waals surface area contributed by atoms with E-state index in [4.69, 9.17) is 9.47 Å². The van der Waals surface area contributed by atoms with Gasteiger partial charge in [0.15, 0.2) is 0 Å². The standard InChI is InChI=1S/C21H18O2/c1-2-13-22-19-11-6-12-20-21(19)18(14-23-20)17-10-5-8-15-7-3-4-9-16(15)17/h3-12,18H,2,13H2,1H3. The number of hydrogen-bond donors (Lipinski definition) is 0. The van der Waals surface area contributed by atoms with E-state index in [9.17, 15) is 0 Å². The molecule has 1 aliphatic heterocycles. The summed E-state index contributed by atoms with van der Waals surface area (Å²) in [5.41, 5.74) is 2.28. The van der Waals surface area contributed by atoms with Gasteiger partial charge in [-0.15, -0.1) is 0 Å². The average molecular weight is 302 g/mol. The molecule has 4 rings (SSSR count). The van der Waals surface area contributed by atoms with E-state index in [0.29, 0.717) is 6.61 Å². The summed E-state index contributed by atoms with van der Waals surface area (Å²) in [6.45, 7) is 5.99. The van der Waals surface area contributed by atoms with Crippen molar-refractivity contribution in [3.8, 4) is 11.5 Å². The Balaban J connectivity index is 1.84. The average Bonchev–Trinajstić information content (AvgIpc) is 3.04. The molecule has 0 saturated carbocycles. The van der Waals surface area contributed by atoms with Gasteiger partial charge < -0.3 is 9.47 Å². The molecule has 3 aromatic carbocycles. The maximum Gasteiger partial charge on any atom is 0.209 e. The quantitative estimate of drug-likeness (QED) is 0.660. The zero-order chi connectivity index (χ0) is 15.6. The van der Waals surface area contributed by atoms with Gasteiger partial charge in [0.1, 0.15) is 11.5 Å². The molecular weight excluding hydrogens is 284 g/mol. The monoisotopic (exact) mass is 302 g/mol. The van der Waals surface area contributed by atoms with Crippen molar-refractivity contribution in [1.29, 1.82) is 0 Å². The van der Waals surface area contributed by atoms with E-state index in [2.05, 4.69) is 56.0 Å². The first-order chi connectivity index (χ1) is 11.4. The zero-order valence-electron chi connectivity index (χ0n) is 13.1. The third kappa shape index (κ3) is 2.44. The summed E-state index contributed by atoms with van der Waals surface area (Å²) >= 11 is 0. The molecule has 0 spiro atoms. The van der Waals surface area contributed by atoms with Gasteiger partial charge in [-0.25, -0.2) is 0 Å². The van der Waals surface area contributed by atoms with Crippen LogP contribution in [-0.2, 0) is 0 Å². The van der Waals surface area contributed by atoms with Gasteiger partial charge in [0.25, 0.3) is 0 Å². The van der Waals surface area contributed by atoms with Gasteiger partial charge in [0.05, 0.1) is 12.5 Å². The number of benzene rings is 3. The Labute approximate surface area is 136 Å². The predicted octanol–water partition coefficient (Wildman–Crippen LogP) is 5.19. The summed E-state index contributed by atoms with van der Waals surface area (Å²) in [5.74, 6) is 1.72. The first kappa shape index (κ1) is 14.1. The molecule has 3 aromatic rings. The van der Waals surface area contributed by atoms with E-state index in [0.717, 1.165) is 23.5 Å². The van der Waals surface area contributed by atoms with Crippen molar-refractivity contribution in [1.82, 2.24) is 0 Å². The summed E-state index contributed by atoms with van der Waals surface area (Å²) < 4.78 is 11.6. The van der Waals surface area contributed by atoms with E-state index in [-0.39, 0.29) is 5.92 Å². The van der Waals surface area contributed by atoms with Crippen molar-refractivity contribution >= 4 is 10.8 Å². The topological polar surface area (TPSA) is 18.5 Å². The number of rotatable bonds is 4. The maximum absolute atomic E-state index is 5.94. The number of fused-ring (bicyclic) bond motifs is 2. The predicted molar refractivity (Wildman–Crippen MR) is 91.9 cm³/mol. The second-order valence-electron chi connectivity index (χ2n) is 5.74. The van der Waals surface area contributed by atoms with Crippen LogP contribution in [0.15, 0.2) is 60.7 Å². The molecule has 0 saturated heterocycles. The maximum atomic E-state index is 5.94. The third-order valence-electron chi connectivity index (χ3n) is 4.20. The minimum Gasteiger partial charge on any atom is -0.493 e. The summed E-state index contributed by atoms with van der Waals surface area (Å²) in [5, 5.41) is 2.46. The van der Waals surface area contributed by atoms with Crippen molar-refractivity contribution in [2.75, 3.05) is 6.61 Å². The molecule has 0 bridgehead atoms. The Morgan fingerprint density at radius 3 is 2.74 bits per heavy atom. The van der Waals surface area contributed by atoms with Crippen LogP contribution in [0.3, 0.4) is 0 Å². The SMILES string of the molecule is CCCOc1cccc2c1C(c1cccc3ccccc13)[C]O2. The molecule has 0 amide bonds. The van der Waals surface area contributed by atoms with Crippen LogP contribution in [0.25, 0.3) is 10.8 Å². The van der Waals surface area contributed by atoms with Gasteiger partial charge in [0, 0.05) is 5.56 Å². The first-order valence-corrected chi connectivity index (χ1v) is 8.04. The lowest BCUT2D eigenvalue weighted by molar-refractivity contribution is 0.314. The third-order valence-corrected chi connectivity index (χ3v) is 4.20. The highest BCUT2D eigenvalue weighted by Gasteiger charge is 2.32. The van der Waals surface area contributed by atoms with E-state index in [1.54, 1.807) is 0 Å². The minimum atomic E-state index is -0.0239. The van der Waals surface area contributed by atoms with Crippen LogP contribution >= 0.6 is 0 Å². The minimum absolute atomic E-state index is 0.0239. The fraction of sp³-hybridized carbons (Fsp3) is 0.190. The second-order valence-corrected chi connectivity index (χ2v) is 5.74. The number of hydrogen-bond acceptors (Lipinski definition) is 2. The van der Waals surface area contributed by atoms with Gasteiger partial charge >= 0.3 is 0 Å². The van der Waals surface area contributed by atoms with Gasteiger partial charge in [0.2, 0.25) is 6.61 Å². The lowest BCUT2D eigenvalue weighted by Gasteiger charge is -2.15. The fourth-order valence-corrected chi connectivity index (χ4v) is 3.14. The molecule has 0 aliphatic carbocycles. The van der Waals surface area contributed by atoms with Crippen LogP contribution in [0, 0.1) is 6.61 Å². The molecule has 2 nitrogen and oxygen atoms in total. The van der Waals surface area contributed by atoms with Crippen LogP contribution in [-0.4, -0.2) is 6.61 Å². The largest absolute Gasteiger partial charge is 0.493 e. The van der Waals surface area contributed by atoms with Gasteiger partial charge in [-0.05, 0) is 34.9 Å². The van der Waals surface area contributed by atoms with Crippen molar-refractivity contribution < 1.29 is 9.47 Å². The van der Waals surface area contributed by atoms with E-state index in [1.165, 1.54) is 16.3 Å². The molecule has 1 unspecified atom stereocenters. The van der Waals surface area contributed by atoms with Crippen molar-refractivity contribution in [3.05, 3.63) is 78.4 Å². The smallest absolute Gasteiger partial charge is 0.209 e. The molecule has 1 atom stereocenters.